The van der Waals surface area contributed by atoms with E-state index in [9.17, 15) is 19.5 Å². The van der Waals surface area contributed by atoms with Gasteiger partial charge in [0.2, 0.25) is 0 Å². The van der Waals surface area contributed by atoms with Crippen molar-refractivity contribution in [3.05, 3.63) is 75.2 Å². The van der Waals surface area contributed by atoms with Gasteiger partial charge >= 0.3 is 11.9 Å². The number of aromatic carboxylic acids is 1. The van der Waals surface area contributed by atoms with Gasteiger partial charge in [0, 0.05) is 12.6 Å². The molecule has 0 atom stereocenters. The Kier molecular flexibility index (Phi) is 5.87. The highest BCUT2D eigenvalue weighted by Gasteiger charge is 2.29. The van der Waals surface area contributed by atoms with Crippen molar-refractivity contribution >= 4 is 17.5 Å². The molecular weight excluding hydrogens is 418 g/mol. The maximum absolute atomic E-state index is 12.8. The number of carboxylic acid groups (broad SMARTS) is 1. The Morgan fingerprint density at radius 2 is 1.79 bits per heavy atom. The predicted molar refractivity (Wildman–Crippen MR) is 127 cm³/mol. The van der Waals surface area contributed by atoms with Crippen LogP contribution in [0, 0.1) is 6.92 Å². The molecule has 0 radical (unpaired) electrons. The summed E-state index contributed by atoms with van der Waals surface area (Å²) in [5.74, 6) is -1.11. The molecule has 0 spiro atoms. The molecule has 2 aromatic heterocycles. The van der Waals surface area contributed by atoms with Gasteiger partial charge in [-0.15, -0.1) is 0 Å². The first kappa shape index (κ1) is 22.8. The molecule has 1 fully saturated rings. The minimum Gasteiger partial charge on any atom is -0.477 e. The highest BCUT2D eigenvalue weighted by molar-refractivity contribution is 5.89. The molecule has 0 bridgehead atoms. The Bertz CT molecular complexity index is 1290. The smallest absolute Gasteiger partial charge is 0.341 e. The molecule has 6 heteroatoms. The Morgan fingerprint density at radius 1 is 1.12 bits per heavy atom. The van der Waals surface area contributed by atoms with Gasteiger partial charge in [0.1, 0.15) is 11.2 Å². The molecule has 1 aromatic carbocycles. The van der Waals surface area contributed by atoms with E-state index in [1.807, 2.05) is 58.0 Å². The maximum atomic E-state index is 12.8. The number of nitrogens with zero attached hydrogens (tertiary/aromatic N) is 1. The Balaban J connectivity index is 1.65. The average Bonchev–Trinajstić information content (AvgIpc) is 3.57. The molecule has 1 N–H and O–H groups in total. The highest BCUT2D eigenvalue weighted by atomic mass is 16.6. The van der Waals surface area contributed by atoms with Crippen molar-refractivity contribution in [2.75, 3.05) is 0 Å². The van der Waals surface area contributed by atoms with Gasteiger partial charge in [-0.2, -0.15) is 0 Å². The molecule has 172 valence electrons. The summed E-state index contributed by atoms with van der Waals surface area (Å²) in [6.07, 6.45) is 4.61. The zero-order valence-corrected chi connectivity index (χ0v) is 19.5. The van der Waals surface area contributed by atoms with Crippen molar-refractivity contribution < 1.29 is 19.4 Å². The molecule has 1 aliphatic carbocycles. The molecular formula is C27H29NO5. The molecule has 0 aliphatic heterocycles. The first-order valence-corrected chi connectivity index (χ1v) is 11.3. The average molecular weight is 448 g/mol. The summed E-state index contributed by atoms with van der Waals surface area (Å²) in [7, 11) is 0. The molecule has 0 saturated heterocycles. The van der Waals surface area contributed by atoms with Crippen molar-refractivity contribution in [2.24, 2.45) is 0 Å². The van der Waals surface area contributed by atoms with Crippen LogP contribution in [0.5, 0.6) is 0 Å². The van der Waals surface area contributed by atoms with E-state index in [2.05, 4.69) is 0 Å². The highest BCUT2D eigenvalue weighted by Crippen LogP contribution is 2.43. The van der Waals surface area contributed by atoms with Gasteiger partial charge in [-0.1, -0.05) is 24.3 Å². The number of hydrogen-bond donors (Lipinski definition) is 1. The lowest BCUT2D eigenvalue weighted by Crippen LogP contribution is -2.24. The summed E-state index contributed by atoms with van der Waals surface area (Å²) in [4.78, 5) is 36.3. The van der Waals surface area contributed by atoms with Gasteiger partial charge in [0.25, 0.3) is 5.56 Å². The predicted octanol–water partition coefficient (Wildman–Crippen LogP) is 5.12. The van der Waals surface area contributed by atoms with E-state index in [1.54, 1.807) is 12.3 Å². The third-order valence-corrected chi connectivity index (χ3v) is 5.96. The number of esters is 1. The Morgan fingerprint density at radius 3 is 2.36 bits per heavy atom. The molecule has 33 heavy (non-hydrogen) atoms. The van der Waals surface area contributed by atoms with Gasteiger partial charge in [-0.25, -0.2) is 4.79 Å². The van der Waals surface area contributed by atoms with Crippen molar-refractivity contribution in [2.45, 2.75) is 64.9 Å². The largest absolute Gasteiger partial charge is 0.477 e. The number of rotatable bonds is 6. The third kappa shape index (κ3) is 4.85. The van der Waals surface area contributed by atoms with Crippen LogP contribution in [0.4, 0.5) is 0 Å². The topological polar surface area (TPSA) is 85.1 Å². The molecule has 3 aromatic rings. The molecule has 4 rings (SSSR count). The SMILES string of the molecule is Cc1c(-c2ccc(CCC(=O)OC(C)(C)C)cc2)ccn2c(=O)c(C(=O)O)cc(C3CC3)c12. The molecule has 1 aliphatic rings. The molecule has 1 saturated carbocycles. The Hall–Kier alpha value is -3.41. The minimum absolute atomic E-state index is 0.184. The normalized spacial score (nSPS) is 13.8. The number of benzene rings is 1. The minimum atomic E-state index is -1.19. The van der Waals surface area contributed by atoms with Crippen LogP contribution in [0.15, 0.2) is 47.4 Å². The molecule has 6 nitrogen and oxygen atoms in total. The van der Waals surface area contributed by atoms with Crippen LogP contribution in [-0.4, -0.2) is 27.0 Å². The Labute approximate surface area is 192 Å². The van der Waals surface area contributed by atoms with Crippen LogP contribution < -0.4 is 5.56 Å². The van der Waals surface area contributed by atoms with Crippen molar-refractivity contribution in [1.82, 2.24) is 4.40 Å². The quantitative estimate of drug-likeness (QED) is 0.530. The van der Waals surface area contributed by atoms with Crippen LogP contribution in [0.1, 0.15) is 73.0 Å². The van der Waals surface area contributed by atoms with Crippen molar-refractivity contribution in [3.8, 4) is 11.1 Å². The molecule has 2 heterocycles. The lowest BCUT2D eigenvalue weighted by molar-refractivity contribution is -0.154. The van der Waals surface area contributed by atoms with Crippen molar-refractivity contribution in [3.63, 3.8) is 0 Å². The number of carboxylic acids is 1. The summed E-state index contributed by atoms with van der Waals surface area (Å²) >= 11 is 0. The number of pyridine rings is 2. The zero-order valence-electron chi connectivity index (χ0n) is 19.5. The summed E-state index contributed by atoms with van der Waals surface area (Å²) in [6.45, 7) is 7.55. The molecule has 0 unspecified atom stereocenters. The fourth-order valence-corrected chi connectivity index (χ4v) is 4.26. The second-order valence-electron chi connectivity index (χ2n) is 9.75. The van der Waals surface area contributed by atoms with Gasteiger partial charge < -0.3 is 9.84 Å². The van der Waals surface area contributed by atoms with Crippen LogP contribution in [0.3, 0.4) is 0 Å². The van der Waals surface area contributed by atoms with E-state index in [1.165, 1.54) is 4.40 Å². The second-order valence-corrected chi connectivity index (χ2v) is 9.75. The van der Waals surface area contributed by atoms with E-state index < -0.39 is 17.1 Å². The van der Waals surface area contributed by atoms with Gasteiger partial charge in [-0.3, -0.25) is 14.0 Å². The standard InChI is InChI=1S/C27H29NO5/c1-16-20(18-8-5-17(6-9-18)7-12-23(29)33-27(2,3)4)13-14-28-24(16)21(19-10-11-19)15-22(25(28)30)26(31)32/h5-6,8-9,13-15,19H,7,10-12H2,1-4H3,(H,31,32). The molecule has 0 amide bonds. The first-order chi connectivity index (χ1) is 15.5. The van der Waals surface area contributed by atoms with Crippen LogP contribution in [0.2, 0.25) is 0 Å². The number of fused-ring (bicyclic) bond motifs is 1. The second kappa shape index (κ2) is 8.50. The number of carbonyl (C=O) groups is 2. The van der Waals surface area contributed by atoms with Crippen LogP contribution in [-0.2, 0) is 16.0 Å². The summed E-state index contributed by atoms with van der Waals surface area (Å²) < 4.78 is 6.85. The van der Waals surface area contributed by atoms with Gasteiger partial charge in [-0.05, 0) is 92.8 Å². The van der Waals surface area contributed by atoms with E-state index in [0.717, 1.165) is 46.2 Å². The van der Waals surface area contributed by atoms with Gasteiger partial charge in [0.05, 0.1) is 5.52 Å². The lowest BCUT2D eigenvalue weighted by Gasteiger charge is -2.19. The first-order valence-electron chi connectivity index (χ1n) is 11.3. The summed E-state index contributed by atoms with van der Waals surface area (Å²) in [5, 5.41) is 9.47. The third-order valence-electron chi connectivity index (χ3n) is 5.96. The fraction of sp³-hybridized carbons (Fsp3) is 0.370. The maximum Gasteiger partial charge on any atom is 0.341 e. The zero-order chi connectivity index (χ0) is 23.9. The summed E-state index contributed by atoms with van der Waals surface area (Å²) in [6, 6.07) is 11.5. The summed E-state index contributed by atoms with van der Waals surface area (Å²) in [5.41, 5.74) is 4.56. The van der Waals surface area contributed by atoms with E-state index >= 15 is 0 Å². The fourth-order valence-electron chi connectivity index (χ4n) is 4.26. The number of aromatic nitrogens is 1. The van der Waals surface area contributed by atoms with Crippen LogP contribution >= 0.6 is 0 Å². The van der Waals surface area contributed by atoms with E-state index in [4.69, 9.17) is 4.74 Å². The number of hydrogen-bond acceptors (Lipinski definition) is 4. The van der Waals surface area contributed by atoms with E-state index in [-0.39, 0.29) is 11.5 Å². The number of carbonyl (C=O) groups excluding carboxylic acids is 1. The monoisotopic (exact) mass is 447 g/mol. The van der Waals surface area contributed by atoms with Crippen molar-refractivity contribution in [1.29, 1.82) is 0 Å². The number of aryl methyl sites for hydroxylation is 2. The van der Waals surface area contributed by atoms with Gasteiger partial charge in [0.15, 0.2) is 0 Å². The lowest BCUT2D eigenvalue weighted by atomic mass is 9.95. The van der Waals surface area contributed by atoms with Crippen LogP contribution in [0.25, 0.3) is 16.6 Å². The number of ether oxygens (including phenoxy) is 1. The van der Waals surface area contributed by atoms with E-state index in [0.29, 0.717) is 18.8 Å².